The van der Waals surface area contributed by atoms with Crippen LogP contribution in [0.15, 0.2) is 6.07 Å². The number of aromatic carboxylic acids is 1. The average Bonchev–Trinajstić information content (AvgIpc) is 2.31. The van der Waals surface area contributed by atoms with Crippen LogP contribution < -0.4 is 4.90 Å². The predicted octanol–water partition coefficient (Wildman–Crippen LogP) is 1.54. The number of pyridine rings is 1. The van der Waals surface area contributed by atoms with E-state index < -0.39 is 5.97 Å². The van der Waals surface area contributed by atoms with Gasteiger partial charge < -0.3 is 14.9 Å². The first-order valence-corrected chi connectivity index (χ1v) is 6.57. The Hall–Kier alpha value is -1.62. The molecule has 1 aliphatic rings. The molecular formula is C14H21N3O2. The number of aryl methyl sites for hydroxylation is 2. The number of carboxylic acids is 1. The highest BCUT2D eigenvalue weighted by atomic mass is 16.4. The summed E-state index contributed by atoms with van der Waals surface area (Å²) in [5, 5.41) is 9.41. The maximum atomic E-state index is 11.5. The first-order chi connectivity index (χ1) is 8.90. The van der Waals surface area contributed by atoms with Gasteiger partial charge in [0.05, 0.1) is 0 Å². The van der Waals surface area contributed by atoms with E-state index in [1.807, 2.05) is 19.9 Å². The number of rotatable bonds is 2. The van der Waals surface area contributed by atoms with Crippen molar-refractivity contribution in [2.45, 2.75) is 26.8 Å². The Labute approximate surface area is 113 Å². The Bertz CT molecular complexity index is 502. The quantitative estimate of drug-likeness (QED) is 0.877. The van der Waals surface area contributed by atoms with Crippen LogP contribution in [0.4, 0.5) is 5.82 Å². The van der Waals surface area contributed by atoms with E-state index in [0.29, 0.717) is 17.4 Å². The van der Waals surface area contributed by atoms with Gasteiger partial charge in [-0.1, -0.05) is 0 Å². The van der Waals surface area contributed by atoms with Crippen LogP contribution >= 0.6 is 0 Å². The molecule has 2 rings (SSSR count). The van der Waals surface area contributed by atoms with Gasteiger partial charge >= 0.3 is 5.97 Å². The fourth-order valence-electron chi connectivity index (χ4n) is 2.55. The molecule has 0 spiro atoms. The molecule has 5 heteroatoms. The second kappa shape index (κ2) is 5.17. The fourth-order valence-corrected chi connectivity index (χ4v) is 2.55. The van der Waals surface area contributed by atoms with Crippen LogP contribution in [0.2, 0.25) is 0 Å². The Balaban J connectivity index is 2.41. The normalized spacial score (nSPS) is 20.6. The molecule has 1 aromatic heterocycles. The smallest absolute Gasteiger partial charge is 0.339 e. The van der Waals surface area contributed by atoms with E-state index in [-0.39, 0.29) is 0 Å². The van der Waals surface area contributed by atoms with Crippen LogP contribution in [0, 0.1) is 13.8 Å². The molecule has 1 fully saturated rings. The van der Waals surface area contributed by atoms with Gasteiger partial charge in [0, 0.05) is 31.4 Å². The molecule has 5 nitrogen and oxygen atoms in total. The van der Waals surface area contributed by atoms with Crippen molar-refractivity contribution in [3.8, 4) is 0 Å². The van der Waals surface area contributed by atoms with Crippen LogP contribution in [0.5, 0.6) is 0 Å². The van der Waals surface area contributed by atoms with E-state index in [9.17, 15) is 9.90 Å². The summed E-state index contributed by atoms with van der Waals surface area (Å²) < 4.78 is 0. The van der Waals surface area contributed by atoms with E-state index in [4.69, 9.17) is 0 Å². The van der Waals surface area contributed by atoms with Gasteiger partial charge in [-0.2, -0.15) is 0 Å². The number of hydrogen-bond acceptors (Lipinski definition) is 4. The number of hydrogen-bond donors (Lipinski definition) is 1. The molecular weight excluding hydrogens is 242 g/mol. The highest BCUT2D eigenvalue weighted by Crippen LogP contribution is 2.24. The summed E-state index contributed by atoms with van der Waals surface area (Å²) in [7, 11) is 2.09. The van der Waals surface area contributed by atoms with E-state index in [1.165, 1.54) is 0 Å². The third kappa shape index (κ3) is 2.71. The molecule has 1 aromatic rings. The third-order valence-electron chi connectivity index (χ3n) is 3.80. The molecule has 1 saturated heterocycles. The fraction of sp³-hybridized carbons (Fsp3) is 0.571. The largest absolute Gasteiger partial charge is 0.478 e. The lowest BCUT2D eigenvalue weighted by molar-refractivity contribution is 0.0696. The van der Waals surface area contributed by atoms with Gasteiger partial charge in [0.25, 0.3) is 0 Å². The molecule has 0 amide bonds. The molecule has 0 radical (unpaired) electrons. The first-order valence-electron chi connectivity index (χ1n) is 6.57. The van der Waals surface area contributed by atoms with Crippen molar-refractivity contribution in [3.05, 3.63) is 22.9 Å². The average molecular weight is 263 g/mol. The second-order valence-corrected chi connectivity index (χ2v) is 5.36. The van der Waals surface area contributed by atoms with E-state index in [2.05, 4.69) is 28.8 Å². The molecule has 19 heavy (non-hydrogen) atoms. The predicted molar refractivity (Wildman–Crippen MR) is 75.0 cm³/mol. The first kappa shape index (κ1) is 13.8. The van der Waals surface area contributed by atoms with Crippen molar-refractivity contribution in [1.82, 2.24) is 9.88 Å². The van der Waals surface area contributed by atoms with Gasteiger partial charge in [-0.25, -0.2) is 9.78 Å². The number of carbonyl (C=O) groups is 1. The minimum absolute atomic E-state index is 0.336. The molecule has 1 N–H and O–H groups in total. The number of piperazine rings is 1. The van der Waals surface area contributed by atoms with Crippen LogP contribution in [0.1, 0.15) is 28.5 Å². The van der Waals surface area contributed by atoms with Gasteiger partial charge in [0.15, 0.2) is 0 Å². The second-order valence-electron chi connectivity index (χ2n) is 5.36. The summed E-state index contributed by atoms with van der Waals surface area (Å²) in [6.07, 6.45) is 0. The lowest BCUT2D eigenvalue weighted by atomic mass is 10.1. The van der Waals surface area contributed by atoms with Gasteiger partial charge in [-0.3, -0.25) is 0 Å². The van der Waals surface area contributed by atoms with Crippen LogP contribution in [-0.2, 0) is 0 Å². The Morgan fingerprint density at radius 2 is 2.11 bits per heavy atom. The molecule has 0 bridgehead atoms. The summed E-state index contributed by atoms with van der Waals surface area (Å²) in [5.74, 6) is -0.281. The summed E-state index contributed by atoms with van der Waals surface area (Å²) in [6, 6.07) is 2.23. The minimum atomic E-state index is -0.897. The molecule has 0 saturated carbocycles. The number of nitrogens with zero attached hydrogens (tertiary/aromatic N) is 3. The zero-order valence-electron chi connectivity index (χ0n) is 12.0. The highest BCUT2D eigenvalue weighted by Gasteiger charge is 2.26. The monoisotopic (exact) mass is 263 g/mol. The van der Waals surface area contributed by atoms with E-state index in [0.717, 1.165) is 30.9 Å². The number of aromatic nitrogens is 1. The molecule has 0 aliphatic carbocycles. The minimum Gasteiger partial charge on any atom is -0.478 e. The van der Waals surface area contributed by atoms with E-state index >= 15 is 0 Å². The van der Waals surface area contributed by atoms with Crippen molar-refractivity contribution in [2.75, 3.05) is 31.6 Å². The van der Waals surface area contributed by atoms with Gasteiger partial charge in [-0.15, -0.1) is 0 Å². The van der Waals surface area contributed by atoms with Gasteiger partial charge in [-0.05, 0) is 39.4 Å². The van der Waals surface area contributed by atoms with Crippen molar-refractivity contribution in [3.63, 3.8) is 0 Å². The number of carboxylic acid groups (broad SMARTS) is 1. The SMILES string of the molecule is Cc1cc(C)c(C(=O)O)c(N2CCN(C)C(C)C2)n1. The van der Waals surface area contributed by atoms with Crippen LogP contribution in [0.25, 0.3) is 0 Å². The maximum Gasteiger partial charge on any atom is 0.339 e. The maximum absolute atomic E-state index is 11.5. The zero-order valence-corrected chi connectivity index (χ0v) is 12.0. The number of likely N-dealkylation sites (N-methyl/N-ethyl adjacent to an activating group) is 1. The van der Waals surface area contributed by atoms with Gasteiger partial charge in [0.2, 0.25) is 0 Å². The molecule has 1 atom stereocenters. The van der Waals surface area contributed by atoms with E-state index in [1.54, 1.807) is 0 Å². The summed E-state index contributed by atoms with van der Waals surface area (Å²) in [4.78, 5) is 20.3. The lowest BCUT2D eigenvalue weighted by Gasteiger charge is -2.39. The Kier molecular flexibility index (Phi) is 3.75. The third-order valence-corrected chi connectivity index (χ3v) is 3.80. The summed E-state index contributed by atoms with van der Waals surface area (Å²) in [5.41, 5.74) is 1.98. The van der Waals surface area contributed by atoms with Crippen molar-refractivity contribution < 1.29 is 9.90 Å². The van der Waals surface area contributed by atoms with Crippen molar-refractivity contribution in [1.29, 1.82) is 0 Å². The molecule has 1 unspecified atom stereocenters. The topological polar surface area (TPSA) is 56.7 Å². The zero-order chi connectivity index (χ0) is 14.2. The molecule has 2 heterocycles. The summed E-state index contributed by atoms with van der Waals surface area (Å²) >= 11 is 0. The molecule has 104 valence electrons. The number of anilines is 1. The molecule has 1 aliphatic heterocycles. The lowest BCUT2D eigenvalue weighted by Crippen LogP contribution is -2.50. The standard InChI is InChI=1S/C14H21N3O2/c1-9-7-10(2)15-13(12(9)14(18)19)17-6-5-16(4)11(3)8-17/h7,11H,5-6,8H2,1-4H3,(H,18,19). The van der Waals surface area contributed by atoms with Crippen LogP contribution in [-0.4, -0.2) is 53.7 Å². The Morgan fingerprint density at radius 1 is 1.42 bits per heavy atom. The summed E-state index contributed by atoms with van der Waals surface area (Å²) in [6.45, 7) is 8.44. The van der Waals surface area contributed by atoms with Crippen LogP contribution in [0.3, 0.4) is 0 Å². The highest BCUT2D eigenvalue weighted by molar-refractivity contribution is 5.95. The van der Waals surface area contributed by atoms with Gasteiger partial charge in [0.1, 0.15) is 11.4 Å². The van der Waals surface area contributed by atoms with Crippen molar-refractivity contribution >= 4 is 11.8 Å². The van der Waals surface area contributed by atoms with Crippen molar-refractivity contribution in [2.24, 2.45) is 0 Å². The molecule has 0 aromatic carbocycles. The Morgan fingerprint density at radius 3 is 2.68 bits per heavy atom.